The van der Waals surface area contributed by atoms with Gasteiger partial charge in [-0.05, 0) is 0 Å². The van der Waals surface area contributed by atoms with Gasteiger partial charge in [0.1, 0.15) is 6.29 Å². The van der Waals surface area contributed by atoms with Gasteiger partial charge in [0, 0.05) is 26.2 Å². The quantitative estimate of drug-likeness (QED) is 0.379. The van der Waals surface area contributed by atoms with Gasteiger partial charge in [-0.25, -0.2) is 0 Å². The van der Waals surface area contributed by atoms with Crippen molar-refractivity contribution in [2.24, 2.45) is 11.5 Å². The Morgan fingerprint density at radius 1 is 1.17 bits per heavy atom. The molecule has 12 heavy (non-hydrogen) atoms. The number of nitrogens with two attached hydrogens (primary N) is 2. The first kappa shape index (κ1) is 12.0. The van der Waals surface area contributed by atoms with Gasteiger partial charge in [-0.1, -0.05) is 0 Å². The van der Waals surface area contributed by atoms with Gasteiger partial charge in [0.15, 0.2) is 0 Å². The largest absolute Gasteiger partial charge is 0.339 e. The zero-order valence-corrected chi connectivity index (χ0v) is 7.78. The summed E-state index contributed by atoms with van der Waals surface area (Å²) in [5, 5.41) is 0. The third kappa shape index (κ3) is 6.72. The van der Waals surface area contributed by atoms with E-state index in [1.54, 1.807) is 4.90 Å². The average molecular weight is 197 g/mol. The summed E-state index contributed by atoms with van der Waals surface area (Å²) in [4.78, 5) is 18.8. The standard InChI is InChI=1S/C5H16N3O3P/c6-1-3-8(4-2-7)5-12(9,10)11/h1-7H2,(H2,9,10,11). The van der Waals surface area contributed by atoms with Gasteiger partial charge in [0.25, 0.3) is 0 Å². The van der Waals surface area contributed by atoms with Crippen LogP contribution in [0.5, 0.6) is 0 Å². The second kappa shape index (κ2) is 5.64. The first-order valence-corrected chi connectivity index (χ1v) is 5.46. The molecule has 0 radical (unpaired) electrons. The van der Waals surface area contributed by atoms with Crippen molar-refractivity contribution in [3.63, 3.8) is 0 Å². The second-order valence-corrected chi connectivity index (χ2v) is 4.11. The monoisotopic (exact) mass is 197 g/mol. The van der Waals surface area contributed by atoms with Gasteiger partial charge < -0.3 is 21.3 Å². The molecule has 0 unspecified atom stereocenters. The van der Waals surface area contributed by atoms with Crippen LogP contribution in [0.15, 0.2) is 0 Å². The van der Waals surface area contributed by atoms with Crippen LogP contribution in [-0.2, 0) is 4.57 Å². The van der Waals surface area contributed by atoms with E-state index in [-0.39, 0.29) is 6.29 Å². The highest BCUT2D eigenvalue weighted by atomic mass is 31.2. The second-order valence-electron chi connectivity index (χ2n) is 2.50. The molecule has 0 saturated carbocycles. The lowest BCUT2D eigenvalue weighted by atomic mass is 10.5. The van der Waals surface area contributed by atoms with Crippen LogP contribution in [0.2, 0.25) is 0 Å². The molecule has 7 heteroatoms. The van der Waals surface area contributed by atoms with Crippen molar-refractivity contribution < 1.29 is 14.4 Å². The Balaban J connectivity index is 3.86. The maximum absolute atomic E-state index is 10.6. The number of rotatable bonds is 6. The molecule has 6 N–H and O–H groups in total. The first-order valence-electron chi connectivity index (χ1n) is 3.66. The molecule has 0 heterocycles. The van der Waals surface area contributed by atoms with Crippen LogP contribution >= 0.6 is 7.60 Å². The van der Waals surface area contributed by atoms with E-state index >= 15 is 0 Å². The fourth-order valence-corrected chi connectivity index (χ4v) is 1.68. The molecular formula is C5H16N3O3P. The van der Waals surface area contributed by atoms with Crippen LogP contribution in [0, 0.1) is 0 Å². The summed E-state index contributed by atoms with van der Waals surface area (Å²) in [6, 6.07) is 0. The van der Waals surface area contributed by atoms with Gasteiger partial charge in [-0.3, -0.25) is 9.46 Å². The Morgan fingerprint density at radius 2 is 1.58 bits per heavy atom. The summed E-state index contributed by atoms with van der Waals surface area (Å²) in [6.07, 6.45) is -0.263. The minimum Gasteiger partial charge on any atom is -0.329 e. The molecule has 0 aromatic rings. The molecular weight excluding hydrogens is 181 g/mol. The topological polar surface area (TPSA) is 113 Å². The van der Waals surface area contributed by atoms with Crippen molar-refractivity contribution >= 4 is 7.60 Å². The number of nitrogens with zero attached hydrogens (tertiary/aromatic N) is 1. The fraction of sp³-hybridized carbons (Fsp3) is 1.00. The minimum absolute atomic E-state index is 0.263. The summed E-state index contributed by atoms with van der Waals surface area (Å²) in [6.45, 7) is 1.67. The fourth-order valence-electron chi connectivity index (χ4n) is 0.879. The molecule has 0 aliphatic rings. The zero-order chi connectivity index (χ0) is 9.61. The highest BCUT2D eigenvalue weighted by molar-refractivity contribution is 7.51. The molecule has 0 rings (SSSR count). The molecule has 0 spiro atoms. The summed E-state index contributed by atoms with van der Waals surface area (Å²) in [5.74, 6) is 0. The van der Waals surface area contributed by atoms with Crippen molar-refractivity contribution in [2.75, 3.05) is 32.5 Å². The minimum atomic E-state index is -3.97. The molecule has 0 aliphatic carbocycles. The molecule has 6 nitrogen and oxygen atoms in total. The highest BCUT2D eigenvalue weighted by Crippen LogP contribution is 2.34. The van der Waals surface area contributed by atoms with Crippen LogP contribution in [-0.4, -0.2) is 47.2 Å². The number of hydrogen-bond donors (Lipinski definition) is 4. The Bertz CT molecular complexity index is 154. The zero-order valence-electron chi connectivity index (χ0n) is 6.89. The summed E-state index contributed by atoms with van der Waals surface area (Å²) < 4.78 is 10.6. The Hall–Kier alpha value is 0.0300. The number of hydrogen-bond acceptors (Lipinski definition) is 4. The first-order chi connectivity index (χ1) is 5.49. The van der Waals surface area contributed by atoms with Crippen LogP contribution < -0.4 is 11.5 Å². The molecule has 74 valence electrons. The van der Waals surface area contributed by atoms with Gasteiger partial charge in [-0.2, -0.15) is 0 Å². The average Bonchev–Trinajstić information content (AvgIpc) is 1.84. The van der Waals surface area contributed by atoms with Crippen molar-refractivity contribution in [3.05, 3.63) is 0 Å². The van der Waals surface area contributed by atoms with Crippen LogP contribution in [0.1, 0.15) is 0 Å². The highest BCUT2D eigenvalue weighted by Gasteiger charge is 2.17. The molecule has 0 bridgehead atoms. The van der Waals surface area contributed by atoms with E-state index in [9.17, 15) is 4.57 Å². The van der Waals surface area contributed by atoms with Crippen molar-refractivity contribution in [3.8, 4) is 0 Å². The van der Waals surface area contributed by atoms with Gasteiger partial charge in [-0.15, -0.1) is 0 Å². The lowest BCUT2D eigenvalue weighted by Gasteiger charge is -2.20. The molecule has 0 aromatic heterocycles. The van der Waals surface area contributed by atoms with E-state index < -0.39 is 7.60 Å². The summed E-state index contributed by atoms with van der Waals surface area (Å²) in [7, 11) is -3.97. The maximum atomic E-state index is 10.6. The van der Waals surface area contributed by atoms with Gasteiger partial charge >= 0.3 is 7.60 Å². The molecule has 0 saturated heterocycles. The normalized spacial score (nSPS) is 12.4. The maximum Gasteiger partial charge on any atom is 0.339 e. The van der Waals surface area contributed by atoms with Crippen LogP contribution in [0.25, 0.3) is 0 Å². The van der Waals surface area contributed by atoms with Crippen molar-refractivity contribution in [1.29, 1.82) is 0 Å². The molecule has 0 aromatic carbocycles. The van der Waals surface area contributed by atoms with Gasteiger partial charge in [0.05, 0.1) is 0 Å². The predicted octanol–water partition coefficient (Wildman–Crippen LogP) is -1.66. The summed E-state index contributed by atoms with van der Waals surface area (Å²) >= 11 is 0. The van der Waals surface area contributed by atoms with E-state index in [0.717, 1.165) is 0 Å². The Morgan fingerprint density at radius 3 is 1.83 bits per heavy atom. The van der Waals surface area contributed by atoms with Crippen LogP contribution in [0.4, 0.5) is 0 Å². The van der Waals surface area contributed by atoms with E-state index in [2.05, 4.69) is 0 Å². The van der Waals surface area contributed by atoms with Gasteiger partial charge in [0.2, 0.25) is 0 Å². The third-order valence-corrected chi connectivity index (χ3v) is 2.04. The molecule has 0 aliphatic heterocycles. The van der Waals surface area contributed by atoms with E-state index in [1.165, 1.54) is 0 Å². The third-order valence-electron chi connectivity index (χ3n) is 1.27. The van der Waals surface area contributed by atoms with E-state index in [4.69, 9.17) is 21.3 Å². The van der Waals surface area contributed by atoms with E-state index in [1.807, 2.05) is 0 Å². The lowest BCUT2D eigenvalue weighted by Crippen LogP contribution is -2.34. The SMILES string of the molecule is NCCN(CCN)CP(=O)(O)O. The Labute approximate surface area is 71.7 Å². The predicted molar refractivity (Wildman–Crippen MR) is 46.6 cm³/mol. The summed E-state index contributed by atoms with van der Waals surface area (Å²) in [5.41, 5.74) is 10.5. The van der Waals surface area contributed by atoms with Crippen molar-refractivity contribution in [2.45, 2.75) is 0 Å². The Kier molecular flexibility index (Phi) is 5.65. The molecule has 0 fully saturated rings. The molecule has 0 amide bonds. The lowest BCUT2D eigenvalue weighted by molar-refractivity contribution is 0.286. The molecule has 0 atom stereocenters. The van der Waals surface area contributed by atoms with Crippen molar-refractivity contribution in [1.82, 2.24) is 4.90 Å². The van der Waals surface area contributed by atoms with Crippen LogP contribution in [0.3, 0.4) is 0 Å². The smallest absolute Gasteiger partial charge is 0.329 e. The van der Waals surface area contributed by atoms with E-state index in [0.29, 0.717) is 26.2 Å².